The Morgan fingerprint density at radius 2 is 1.39 bits per heavy atom. The van der Waals surface area contributed by atoms with Gasteiger partial charge in [-0.25, -0.2) is 4.98 Å². The van der Waals surface area contributed by atoms with Gasteiger partial charge < -0.3 is 9.82 Å². The minimum Gasteiger partial charge on any atom is -0.456 e. The highest BCUT2D eigenvalue weighted by Gasteiger charge is 2.28. The van der Waals surface area contributed by atoms with Crippen LogP contribution in [0.2, 0.25) is 0 Å². The van der Waals surface area contributed by atoms with Crippen LogP contribution in [0.4, 0.5) is 5.13 Å². The second kappa shape index (κ2) is 9.22. The summed E-state index contributed by atoms with van der Waals surface area (Å²) in [6.07, 6.45) is 1.00. The van der Waals surface area contributed by atoms with E-state index in [2.05, 4.69) is 36.3 Å². The Kier molecular flexibility index (Phi) is 5.99. The number of aromatic nitrogens is 1. The summed E-state index contributed by atoms with van der Waals surface area (Å²) in [5, 5.41) is 5.80. The van der Waals surface area contributed by atoms with Crippen LogP contribution in [0.3, 0.4) is 0 Å². The van der Waals surface area contributed by atoms with Gasteiger partial charge in [-0.2, -0.15) is 0 Å². The monoisotopic (exact) mass is 470 g/mol. The molecule has 3 aromatic carbocycles. The third-order valence-electron chi connectivity index (χ3n) is 5.39. The van der Waals surface area contributed by atoms with Crippen molar-refractivity contribution in [3.05, 3.63) is 119 Å². The highest BCUT2D eigenvalue weighted by atomic mass is 32.1. The van der Waals surface area contributed by atoms with Gasteiger partial charge in [0.15, 0.2) is 5.13 Å². The minimum atomic E-state index is -3.12. The van der Waals surface area contributed by atoms with E-state index in [9.17, 15) is 4.57 Å². The van der Waals surface area contributed by atoms with E-state index in [-0.39, 0.29) is 0 Å². The van der Waals surface area contributed by atoms with E-state index in [1.165, 1.54) is 16.9 Å². The molecule has 0 radical (unpaired) electrons. The smallest absolute Gasteiger partial charge is 0.222 e. The predicted molar refractivity (Wildman–Crippen MR) is 138 cm³/mol. The molecule has 0 saturated carbocycles. The zero-order chi connectivity index (χ0) is 22.7. The Morgan fingerprint density at radius 1 is 0.818 bits per heavy atom. The summed E-state index contributed by atoms with van der Waals surface area (Å²) >= 11 is 1.45. The SMILES string of the molecule is CCc1ccc(-c2csc(NP3(=O)C=C(c4ccccc4)OC(c4ccccc4)=C3)n2)cc1. The zero-order valence-corrected chi connectivity index (χ0v) is 19.9. The summed E-state index contributed by atoms with van der Waals surface area (Å²) in [4.78, 5) is 4.71. The van der Waals surface area contributed by atoms with E-state index in [1.807, 2.05) is 66.0 Å². The van der Waals surface area contributed by atoms with Gasteiger partial charge in [-0.15, -0.1) is 11.3 Å². The fourth-order valence-corrected chi connectivity index (χ4v) is 6.47. The van der Waals surface area contributed by atoms with Crippen molar-refractivity contribution in [1.29, 1.82) is 0 Å². The molecule has 1 aromatic heterocycles. The molecule has 5 rings (SSSR count). The standard InChI is InChI=1S/C27H23N2O2PS/c1-2-20-13-15-21(16-14-20)24-19-33-27(28-24)29-32(30)17-25(22-9-5-3-6-10-22)31-26(18-32)23-11-7-4-8-12-23/h3-19H,2H2,1H3,(H,28,29,30). The molecule has 0 spiro atoms. The Balaban J connectivity index is 1.48. The molecule has 2 heterocycles. The normalized spacial score (nSPS) is 14.7. The Hall–Kier alpha value is -3.40. The number of benzene rings is 3. The Morgan fingerprint density at radius 3 is 1.94 bits per heavy atom. The maximum absolute atomic E-state index is 14.0. The van der Waals surface area contributed by atoms with Crippen LogP contribution in [0.5, 0.6) is 0 Å². The van der Waals surface area contributed by atoms with E-state index in [4.69, 9.17) is 9.72 Å². The van der Waals surface area contributed by atoms with Crippen molar-refractivity contribution in [2.45, 2.75) is 13.3 Å². The van der Waals surface area contributed by atoms with Gasteiger partial charge in [-0.05, 0) is 12.0 Å². The van der Waals surface area contributed by atoms with Crippen molar-refractivity contribution >= 4 is 35.3 Å². The van der Waals surface area contributed by atoms with Crippen molar-refractivity contribution in [2.24, 2.45) is 0 Å². The lowest BCUT2D eigenvalue weighted by molar-refractivity contribution is 0.469. The molecule has 0 aliphatic carbocycles. The summed E-state index contributed by atoms with van der Waals surface area (Å²) in [6, 6.07) is 27.8. The van der Waals surface area contributed by atoms with Crippen LogP contribution in [-0.2, 0) is 15.7 Å². The maximum Gasteiger partial charge on any atom is 0.222 e. The lowest BCUT2D eigenvalue weighted by atomic mass is 10.1. The van der Waals surface area contributed by atoms with Crippen molar-refractivity contribution in [1.82, 2.24) is 4.98 Å². The van der Waals surface area contributed by atoms with Gasteiger partial charge in [0.2, 0.25) is 7.29 Å². The third kappa shape index (κ3) is 4.85. The molecule has 1 N–H and O–H groups in total. The van der Waals surface area contributed by atoms with Crippen LogP contribution in [-0.4, -0.2) is 4.98 Å². The summed E-state index contributed by atoms with van der Waals surface area (Å²) in [7, 11) is -3.12. The van der Waals surface area contributed by atoms with Gasteiger partial charge in [-0.3, -0.25) is 4.57 Å². The van der Waals surface area contributed by atoms with Gasteiger partial charge >= 0.3 is 0 Å². The quantitative estimate of drug-likeness (QED) is 0.289. The number of aryl methyl sites for hydroxylation is 1. The van der Waals surface area contributed by atoms with Crippen LogP contribution in [0, 0.1) is 0 Å². The number of nitrogens with zero attached hydrogens (tertiary/aromatic N) is 1. The van der Waals surface area contributed by atoms with Gasteiger partial charge in [0.25, 0.3) is 0 Å². The molecule has 4 nitrogen and oxygen atoms in total. The van der Waals surface area contributed by atoms with E-state index >= 15 is 0 Å². The van der Waals surface area contributed by atoms with Gasteiger partial charge in [0.1, 0.15) is 11.5 Å². The fraction of sp³-hybridized carbons (Fsp3) is 0.0741. The van der Waals surface area contributed by atoms with Crippen molar-refractivity contribution in [3.63, 3.8) is 0 Å². The van der Waals surface area contributed by atoms with Crippen LogP contribution in [0.1, 0.15) is 23.6 Å². The van der Waals surface area contributed by atoms with Crippen LogP contribution >= 0.6 is 18.6 Å². The highest BCUT2D eigenvalue weighted by molar-refractivity contribution is 7.72. The molecular weight excluding hydrogens is 447 g/mol. The highest BCUT2D eigenvalue weighted by Crippen LogP contribution is 2.56. The first-order valence-corrected chi connectivity index (χ1v) is 13.5. The topological polar surface area (TPSA) is 51.2 Å². The Bertz CT molecular complexity index is 1300. The number of nitrogens with one attached hydrogen (secondary N) is 1. The number of rotatable bonds is 6. The maximum atomic E-state index is 14.0. The van der Waals surface area contributed by atoms with Crippen molar-refractivity contribution in [3.8, 4) is 11.3 Å². The summed E-state index contributed by atoms with van der Waals surface area (Å²) in [5.74, 6) is 4.51. The number of hydrogen-bond donors (Lipinski definition) is 1. The molecule has 1 aliphatic heterocycles. The molecule has 33 heavy (non-hydrogen) atoms. The summed E-state index contributed by atoms with van der Waals surface area (Å²) in [6.45, 7) is 2.14. The van der Waals surface area contributed by atoms with Crippen molar-refractivity contribution in [2.75, 3.05) is 5.09 Å². The third-order valence-corrected chi connectivity index (χ3v) is 8.09. The first kappa shape index (κ1) is 21.4. The number of anilines is 1. The second-order valence-corrected chi connectivity index (χ2v) is 10.7. The number of hydrogen-bond acceptors (Lipinski definition) is 4. The fourth-order valence-electron chi connectivity index (χ4n) is 3.61. The minimum absolute atomic E-state index is 0.569. The zero-order valence-electron chi connectivity index (χ0n) is 18.1. The van der Waals surface area contributed by atoms with Crippen molar-refractivity contribution < 1.29 is 9.30 Å². The molecular formula is C27H23N2O2PS. The van der Waals surface area contributed by atoms with Gasteiger partial charge in [-0.1, -0.05) is 91.9 Å². The molecule has 1 aliphatic rings. The molecule has 0 unspecified atom stereocenters. The molecule has 164 valence electrons. The molecule has 0 fully saturated rings. The molecule has 0 saturated heterocycles. The number of thiazole rings is 1. The van der Waals surface area contributed by atoms with Gasteiger partial charge in [0.05, 0.1) is 5.69 Å². The lowest BCUT2D eigenvalue weighted by Gasteiger charge is -2.23. The lowest BCUT2D eigenvalue weighted by Crippen LogP contribution is -2.03. The molecule has 0 amide bonds. The predicted octanol–water partition coefficient (Wildman–Crippen LogP) is 8.09. The Labute approximate surface area is 197 Å². The average molecular weight is 471 g/mol. The average Bonchev–Trinajstić information content (AvgIpc) is 3.32. The summed E-state index contributed by atoms with van der Waals surface area (Å²) in [5.41, 5.74) is 4.94. The van der Waals surface area contributed by atoms with Crippen LogP contribution in [0.15, 0.2) is 102 Å². The molecule has 6 heteroatoms. The second-order valence-electron chi connectivity index (χ2n) is 7.73. The number of ether oxygens (including phenoxy) is 1. The molecule has 0 atom stereocenters. The van der Waals surface area contributed by atoms with E-state index in [0.717, 1.165) is 28.8 Å². The molecule has 4 aromatic rings. The first-order valence-electron chi connectivity index (χ1n) is 10.8. The van der Waals surface area contributed by atoms with E-state index in [1.54, 1.807) is 11.6 Å². The molecule has 0 bridgehead atoms. The van der Waals surface area contributed by atoms with Crippen LogP contribution in [0.25, 0.3) is 22.8 Å². The van der Waals surface area contributed by atoms with Crippen LogP contribution < -0.4 is 5.09 Å². The van der Waals surface area contributed by atoms with E-state index in [0.29, 0.717) is 16.6 Å². The summed E-state index contributed by atoms with van der Waals surface area (Å²) < 4.78 is 20.2. The van der Waals surface area contributed by atoms with Gasteiger partial charge in [0, 0.05) is 33.7 Å². The first-order chi connectivity index (χ1) is 16.1. The largest absolute Gasteiger partial charge is 0.456 e. The van der Waals surface area contributed by atoms with E-state index < -0.39 is 7.29 Å².